The number of nitrogens with one attached hydrogen (secondary N) is 1. The molecule has 0 aliphatic heterocycles. The molecule has 4 rings (SSSR count). The zero-order valence-electron chi connectivity index (χ0n) is 19.7. The lowest BCUT2D eigenvalue weighted by molar-refractivity contribution is -0.894. The average Bonchev–Trinajstić information content (AvgIpc) is 2.89. The van der Waals surface area contributed by atoms with Gasteiger partial charge < -0.3 is 4.90 Å². The molecule has 0 aromatic heterocycles. The number of benzene rings is 4. The molecule has 1 nitrogen and oxygen atoms in total. The second-order valence-electron chi connectivity index (χ2n) is 8.32. The van der Waals surface area contributed by atoms with Crippen LogP contribution < -0.4 is 26.8 Å². The van der Waals surface area contributed by atoms with E-state index >= 15 is 0 Å². The van der Waals surface area contributed by atoms with Crippen LogP contribution in [0.25, 0.3) is 0 Å². The summed E-state index contributed by atoms with van der Waals surface area (Å²) < 4.78 is 0. The Kier molecular flexibility index (Phi) is 8.89. The summed E-state index contributed by atoms with van der Waals surface area (Å²) in [5.74, 6) is 0. The Hall–Kier alpha value is -3.10. The Balaban J connectivity index is 0.000000360. The minimum Gasteiger partial charge on any atom is -0.336 e. The summed E-state index contributed by atoms with van der Waals surface area (Å²) in [6.07, 6.45) is -1.22. The molecular weight excluding hydrogens is 385 g/mol. The lowest BCUT2D eigenvalue weighted by Crippen LogP contribution is -3.11. The van der Waals surface area contributed by atoms with Gasteiger partial charge in [0.05, 0.1) is 19.6 Å². The molecule has 0 bridgehead atoms. The van der Waals surface area contributed by atoms with E-state index in [9.17, 15) is 0 Å². The first kappa shape index (κ1) is 23.6. The highest BCUT2D eigenvalue weighted by molar-refractivity contribution is 7.19. The second-order valence-corrected chi connectivity index (χ2v) is 8.32. The average molecular weight is 421 g/mol. The largest absolute Gasteiger partial charge is 0.336 e. The Morgan fingerprint density at radius 2 is 0.625 bits per heavy atom. The summed E-state index contributed by atoms with van der Waals surface area (Å²) in [6.45, 7) is 10.5. The van der Waals surface area contributed by atoms with Crippen LogP contribution in [0, 0.1) is 0 Å². The first-order valence-corrected chi connectivity index (χ1v) is 12.0. The third-order valence-corrected chi connectivity index (χ3v) is 6.70. The molecule has 1 N–H and O–H groups in total. The predicted octanol–water partition coefficient (Wildman–Crippen LogP) is 3.00. The van der Waals surface area contributed by atoms with Gasteiger partial charge in [0, 0.05) is 0 Å². The zero-order chi connectivity index (χ0) is 22.7. The molecule has 0 atom stereocenters. The highest BCUT2D eigenvalue weighted by atomic mass is 15.1. The van der Waals surface area contributed by atoms with Crippen molar-refractivity contribution >= 4 is 28.0 Å². The SMILES string of the molecule is CC[NH+](CC)CC.c1ccc([B-](c2ccccc2)(c2ccccc2)c2ccccc2)cc1. The quantitative estimate of drug-likeness (QED) is 0.438. The Labute approximate surface area is 194 Å². The summed E-state index contributed by atoms with van der Waals surface area (Å²) in [5.41, 5.74) is 5.36. The van der Waals surface area contributed by atoms with Crippen LogP contribution in [-0.2, 0) is 0 Å². The first-order chi connectivity index (χ1) is 15.8. The van der Waals surface area contributed by atoms with Crippen LogP contribution in [0.1, 0.15) is 20.8 Å². The van der Waals surface area contributed by atoms with E-state index in [1.807, 2.05) is 0 Å². The molecule has 0 saturated heterocycles. The maximum absolute atomic E-state index is 2.26. The molecule has 2 heteroatoms. The van der Waals surface area contributed by atoms with Crippen LogP contribution in [0.3, 0.4) is 0 Å². The van der Waals surface area contributed by atoms with Crippen LogP contribution in [0.15, 0.2) is 121 Å². The monoisotopic (exact) mass is 421 g/mol. The fraction of sp³-hybridized carbons (Fsp3) is 0.200. The van der Waals surface area contributed by atoms with Crippen molar-refractivity contribution in [3.05, 3.63) is 121 Å². The first-order valence-electron chi connectivity index (χ1n) is 12.0. The van der Waals surface area contributed by atoms with Crippen LogP contribution >= 0.6 is 0 Å². The summed E-state index contributed by atoms with van der Waals surface area (Å²) >= 11 is 0. The molecule has 4 aromatic carbocycles. The van der Waals surface area contributed by atoms with Gasteiger partial charge >= 0.3 is 0 Å². The molecule has 0 unspecified atom stereocenters. The molecule has 0 heterocycles. The van der Waals surface area contributed by atoms with Crippen molar-refractivity contribution in [3.8, 4) is 0 Å². The minimum absolute atomic E-state index is 1.22. The van der Waals surface area contributed by atoms with E-state index in [-0.39, 0.29) is 0 Å². The van der Waals surface area contributed by atoms with E-state index in [1.165, 1.54) is 41.5 Å². The van der Waals surface area contributed by atoms with E-state index in [0.29, 0.717) is 0 Å². The van der Waals surface area contributed by atoms with E-state index in [4.69, 9.17) is 0 Å². The van der Waals surface area contributed by atoms with Gasteiger partial charge in [-0.2, -0.15) is 21.9 Å². The van der Waals surface area contributed by atoms with Crippen molar-refractivity contribution in [2.75, 3.05) is 19.6 Å². The van der Waals surface area contributed by atoms with Gasteiger partial charge in [0.1, 0.15) is 6.15 Å². The normalized spacial score (nSPS) is 11.0. The summed E-state index contributed by atoms with van der Waals surface area (Å²) in [4.78, 5) is 1.68. The molecule has 0 aliphatic rings. The minimum atomic E-state index is -1.22. The van der Waals surface area contributed by atoms with Gasteiger partial charge in [-0.3, -0.25) is 0 Å². The molecule has 0 spiro atoms. The van der Waals surface area contributed by atoms with Gasteiger partial charge in [-0.15, -0.1) is 0 Å². The Morgan fingerprint density at radius 3 is 0.781 bits per heavy atom. The van der Waals surface area contributed by atoms with Crippen molar-refractivity contribution in [2.45, 2.75) is 20.8 Å². The van der Waals surface area contributed by atoms with Gasteiger partial charge in [0.15, 0.2) is 0 Å². The number of rotatable bonds is 7. The van der Waals surface area contributed by atoms with Gasteiger partial charge in [-0.05, 0) is 20.8 Å². The molecule has 4 aromatic rings. The van der Waals surface area contributed by atoms with Crippen LogP contribution in [0.4, 0.5) is 0 Å². The highest BCUT2D eigenvalue weighted by Gasteiger charge is 2.30. The van der Waals surface area contributed by atoms with Crippen molar-refractivity contribution < 1.29 is 4.90 Å². The van der Waals surface area contributed by atoms with E-state index < -0.39 is 6.15 Å². The zero-order valence-corrected chi connectivity index (χ0v) is 19.7. The van der Waals surface area contributed by atoms with Crippen LogP contribution in [-0.4, -0.2) is 25.8 Å². The molecule has 0 radical (unpaired) electrons. The summed E-state index contributed by atoms with van der Waals surface area (Å²) in [5, 5.41) is 0. The lowest BCUT2D eigenvalue weighted by atomic mass is 9.13. The van der Waals surface area contributed by atoms with Crippen molar-refractivity contribution in [2.24, 2.45) is 0 Å². The maximum atomic E-state index is 2.26. The molecule has 0 amide bonds. The number of hydrogen-bond acceptors (Lipinski definition) is 0. The van der Waals surface area contributed by atoms with Gasteiger partial charge in [0.2, 0.25) is 0 Å². The number of hydrogen-bond donors (Lipinski definition) is 1. The fourth-order valence-corrected chi connectivity index (χ4v) is 4.87. The van der Waals surface area contributed by atoms with Crippen molar-refractivity contribution in [1.82, 2.24) is 0 Å². The Morgan fingerprint density at radius 1 is 0.406 bits per heavy atom. The summed E-state index contributed by atoms with van der Waals surface area (Å²) in [6, 6.07) is 43.5. The third kappa shape index (κ3) is 5.20. The summed E-state index contributed by atoms with van der Waals surface area (Å²) in [7, 11) is 0. The smallest absolute Gasteiger partial charge is 0.108 e. The Bertz CT molecular complexity index is 844. The van der Waals surface area contributed by atoms with Crippen LogP contribution in [0.5, 0.6) is 0 Å². The lowest BCUT2D eigenvalue weighted by Gasteiger charge is -2.44. The molecule has 0 saturated carbocycles. The predicted molar refractivity (Wildman–Crippen MR) is 143 cm³/mol. The van der Waals surface area contributed by atoms with Crippen LogP contribution in [0.2, 0.25) is 0 Å². The van der Waals surface area contributed by atoms with Crippen molar-refractivity contribution in [3.63, 3.8) is 0 Å². The van der Waals surface area contributed by atoms with Gasteiger partial charge in [-0.1, -0.05) is 121 Å². The third-order valence-electron chi connectivity index (χ3n) is 6.70. The van der Waals surface area contributed by atoms with E-state index in [1.54, 1.807) is 4.90 Å². The number of quaternary nitrogens is 1. The van der Waals surface area contributed by atoms with E-state index in [2.05, 4.69) is 142 Å². The molecule has 32 heavy (non-hydrogen) atoms. The van der Waals surface area contributed by atoms with Gasteiger partial charge in [0.25, 0.3) is 0 Å². The second kappa shape index (κ2) is 12.1. The maximum Gasteiger partial charge on any atom is 0.108 e. The van der Waals surface area contributed by atoms with Gasteiger partial charge in [-0.25, -0.2) is 0 Å². The molecule has 0 fully saturated rings. The molecule has 164 valence electrons. The highest BCUT2D eigenvalue weighted by Crippen LogP contribution is 2.09. The molecule has 0 aliphatic carbocycles. The van der Waals surface area contributed by atoms with E-state index in [0.717, 1.165) is 0 Å². The topological polar surface area (TPSA) is 4.44 Å². The fourth-order valence-electron chi connectivity index (χ4n) is 4.87. The van der Waals surface area contributed by atoms with Crippen molar-refractivity contribution in [1.29, 1.82) is 0 Å². The standard InChI is InChI=1S/C24H20B.C6H15N/c1-5-13-21(14-6-1)25(22-15-7-2-8-16-22,23-17-9-3-10-18-23)24-19-11-4-12-20-24;1-4-7(5-2)6-3/h1-20H;4-6H2,1-3H3/q-1;/p+1. The molecular formula is C30H36BN.